The van der Waals surface area contributed by atoms with E-state index in [1.165, 1.54) is 32.1 Å². The van der Waals surface area contributed by atoms with Crippen LogP contribution in [0, 0.1) is 5.92 Å². The minimum Gasteiger partial charge on any atom is -0.437 e. The molecule has 0 radical (unpaired) electrons. The van der Waals surface area contributed by atoms with E-state index in [-0.39, 0.29) is 6.04 Å². The molecule has 0 amide bonds. The fourth-order valence-electron chi connectivity index (χ4n) is 3.03. The second kappa shape index (κ2) is 7.48. The molecule has 1 saturated heterocycles. The Kier molecular flexibility index (Phi) is 5.95. The quantitative estimate of drug-likeness (QED) is 0.754. The van der Waals surface area contributed by atoms with Crippen molar-refractivity contribution < 1.29 is 14.5 Å². The largest absolute Gasteiger partial charge is 0.437 e. The summed E-state index contributed by atoms with van der Waals surface area (Å²) in [5.41, 5.74) is 0. The van der Waals surface area contributed by atoms with E-state index in [1.807, 2.05) is 6.82 Å². The molecule has 1 aliphatic heterocycles. The summed E-state index contributed by atoms with van der Waals surface area (Å²) >= 11 is 0. The summed E-state index contributed by atoms with van der Waals surface area (Å²) in [6, 6.07) is 0.211. The monoisotopic (exact) mass is 255 g/mol. The van der Waals surface area contributed by atoms with Gasteiger partial charge in [0.2, 0.25) is 0 Å². The first-order chi connectivity index (χ1) is 8.77. The Morgan fingerprint density at radius 2 is 2.06 bits per heavy atom. The summed E-state index contributed by atoms with van der Waals surface area (Å²) in [5, 5.41) is 9.71. The van der Waals surface area contributed by atoms with Crippen molar-refractivity contribution in [3.63, 3.8) is 0 Å². The molecule has 4 nitrogen and oxygen atoms in total. The van der Waals surface area contributed by atoms with Gasteiger partial charge < -0.3 is 19.3 Å². The third kappa shape index (κ3) is 4.23. The van der Waals surface area contributed by atoms with Gasteiger partial charge in [0.05, 0.1) is 19.8 Å². The molecular formula is C13H26BNO3. The summed E-state index contributed by atoms with van der Waals surface area (Å²) in [7, 11) is -0.405. The highest BCUT2D eigenvalue weighted by Crippen LogP contribution is 2.23. The summed E-state index contributed by atoms with van der Waals surface area (Å²) in [6.07, 6.45) is 6.76. The highest BCUT2D eigenvalue weighted by molar-refractivity contribution is 6.45. The molecule has 2 rings (SSSR count). The standard InChI is InChI=1S/C13H26BNO3/c1-14(16)15-7-8-17-10-13(15)11-18-9-12-5-3-2-4-6-12/h12-13,16H,2-11H2,1H3/t13-/m0/s1. The van der Waals surface area contributed by atoms with Gasteiger partial charge in [-0.2, -0.15) is 0 Å². The smallest absolute Gasteiger partial charge is 0.376 e. The van der Waals surface area contributed by atoms with Gasteiger partial charge in [-0.05, 0) is 25.6 Å². The lowest BCUT2D eigenvalue weighted by Gasteiger charge is -2.36. The van der Waals surface area contributed by atoms with Crippen LogP contribution >= 0.6 is 0 Å². The summed E-state index contributed by atoms with van der Waals surface area (Å²) in [5.74, 6) is 0.753. The Morgan fingerprint density at radius 1 is 1.28 bits per heavy atom. The van der Waals surface area contributed by atoms with Crippen LogP contribution in [0.25, 0.3) is 0 Å². The SMILES string of the molecule is CB(O)N1CCOC[C@H]1COCC1CCCCC1. The van der Waals surface area contributed by atoms with Crippen LogP contribution in [0.3, 0.4) is 0 Å². The molecule has 1 saturated carbocycles. The van der Waals surface area contributed by atoms with Crippen molar-refractivity contribution in [3.05, 3.63) is 0 Å². The Labute approximate surface area is 111 Å². The van der Waals surface area contributed by atoms with Crippen molar-refractivity contribution in [3.8, 4) is 0 Å². The van der Waals surface area contributed by atoms with E-state index >= 15 is 0 Å². The van der Waals surface area contributed by atoms with Gasteiger partial charge in [-0.15, -0.1) is 0 Å². The lowest BCUT2D eigenvalue weighted by Crippen LogP contribution is -2.54. The number of rotatable bonds is 5. The molecule has 1 heterocycles. The third-order valence-electron chi connectivity index (χ3n) is 4.14. The van der Waals surface area contributed by atoms with Gasteiger partial charge in [0, 0.05) is 19.2 Å². The maximum Gasteiger partial charge on any atom is 0.376 e. The highest BCUT2D eigenvalue weighted by atomic mass is 16.5. The molecule has 2 aliphatic rings. The van der Waals surface area contributed by atoms with Crippen molar-refractivity contribution in [1.82, 2.24) is 4.81 Å². The molecule has 0 aromatic rings. The molecule has 0 aromatic heterocycles. The van der Waals surface area contributed by atoms with Crippen molar-refractivity contribution in [1.29, 1.82) is 0 Å². The molecule has 0 spiro atoms. The van der Waals surface area contributed by atoms with Gasteiger partial charge in [0.15, 0.2) is 0 Å². The van der Waals surface area contributed by atoms with E-state index < -0.39 is 7.05 Å². The molecule has 18 heavy (non-hydrogen) atoms. The number of nitrogens with zero attached hydrogens (tertiary/aromatic N) is 1. The van der Waals surface area contributed by atoms with Gasteiger partial charge in [-0.3, -0.25) is 0 Å². The molecule has 0 aromatic carbocycles. The Morgan fingerprint density at radius 3 is 2.78 bits per heavy atom. The highest BCUT2D eigenvalue weighted by Gasteiger charge is 2.28. The second-order valence-corrected chi connectivity index (χ2v) is 5.64. The van der Waals surface area contributed by atoms with E-state index in [1.54, 1.807) is 0 Å². The van der Waals surface area contributed by atoms with E-state index in [9.17, 15) is 5.02 Å². The Balaban J connectivity index is 1.67. The first-order valence-corrected chi connectivity index (χ1v) is 7.36. The molecule has 1 atom stereocenters. The van der Waals surface area contributed by atoms with Gasteiger partial charge in [-0.25, -0.2) is 0 Å². The van der Waals surface area contributed by atoms with Crippen LogP contribution in [-0.2, 0) is 9.47 Å². The minimum atomic E-state index is -0.405. The van der Waals surface area contributed by atoms with Crippen molar-refractivity contribution >= 4 is 7.05 Å². The number of hydrogen-bond donors (Lipinski definition) is 1. The maximum atomic E-state index is 9.71. The van der Waals surface area contributed by atoms with Crippen LogP contribution in [0.15, 0.2) is 0 Å². The minimum absolute atomic E-state index is 0.211. The second-order valence-electron chi connectivity index (χ2n) is 5.64. The van der Waals surface area contributed by atoms with Gasteiger partial charge in [-0.1, -0.05) is 19.3 Å². The first-order valence-electron chi connectivity index (χ1n) is 7.36. The number of ether oxygens (including phenoxy) is 2. The van der Waals surface area contributed by atoms with Crippen molar-refractivity contribution in [2.45, 2.75) is 45.0 Å². The molecule has 2 fully saturated rings. The predicted octanol–water partition coefficient (Wildman–Crippen LogP) is 1.39. The van der Waals surface area contributed by atoms with Crippen LogP contribution in [0.1, 0.15) is 32.1 Å². The summed E-state index contributed by atoms with van der Waals surface area (Å²) in [4.78, 5) is 2.07. The van der Waals surface area contributed by atoms with Crippen molar-refractivity contribution in [2.24, 2.45) is 5.92 Å². The summed E-state index contributed by atoms with van der Waals surface area (Å²) < 4.78 is 11.3. The zero-order valence-corrected chi connectivity index (χ0v) is 11.5. The molecule has 0 bridgehead atoms. The third-order valence-corrected chi connectivity index (χ3v) is 4.14. The van der Waals surface area contributed by atoms with Crippen molar-refractivity contribution in [2.75, 3.05) is 33.0 Å². The molecule has 104 valence electrons. The Hall–Kier alpha value is -0.0951. The van der Waals surface area contributed by atoms with Gasteiger partial charge in [0.1, 0.15) is 0 Å². The lowest BCUT2D eigenvalue weighted by molar-refractivity contribution is -0.0241. The van der Waals surface area contributed by atoms with Gasteiger partial charge in [0.25, 0.3) is 0 Å². The van der Waals surface area contributed by atoms with Crippen LogP contribution in [0.5, 0.6) is 0 Å². The van der Waals surface area contributed by atoms with Gasteiger partial charge >= 0.3 is 7.05 Å². The fourth-order valence-corrected chi connectivity index (χ4v) is 3.03. The average molecular weight is 255 g/mol. The maximum absolute atomic E-state index is 9.71. The van der Waals surface area contributed by atoms with Crippen LogP contribution < -0.4 is 0 Å². The van der Waals surface area contributed by atoms with E-state index in [4.69, 9.17) is 9.47 Å². The summed E-state index contributed by atoms with van der Waals surface area (Å²) in [6.45, 7) is 5.57. The lowest BCUT2D eigenvalue weighted by atomic mass is 9.82. The normalized spacial score (nSPS) is 27.3. The molecule has 1 aliphatic carbocycles. The fraction of sp³-hybridized carbons (Fsp3) is 1.00. The zero-order chi connectivity index (χ0) is 12.8. The van der Waals surface area contributed by atoms with Crippen LogP contribution in [0.4, 0.5) is 0 Å². The molecule has 1 N–H and O–H groups in total. The van der Waals surface area contributed by atoms with Crippen LogP contribution in [-0.4, -0.2) is 55.9 Å². The molecular weight excluding hydrogens is 229 g/mol. The van der Waals surface area contributed by atoms with E-state index in [2.05, 4.69) is 4.81 Å². The zero-order valence-electron chi connectivity index (χ0n) is 11.5. The molecule has 5 heteroatoms. The molecule has 0 unspecified atom stereocenters. The average Bonchev–Trinajstić information content (AvgIpc) is 2.40. The van der Waals surface area contributed by atoms with Crippen LogP contribution in [0.2, 0.25) is 6.82 Å². The van der Waals surface area contributed by atoms with E-state index in [0.29, 0.717) is 19.8 Å². The number of morpholine rings is 1. The predicted molar refractivity (Wildman–Crippen MR) is 72.5 cm³/mol. The Bertz CT molecular complexity index is 234. The van der Waals surface area contributed by atoms with E-state index in [0.717, 1.165) is 19.1 Å². The topological polar surface area (TPSA) is 41.9 Å². The first kappa shape index (κ1) is 14.3. The number of hydrogen-bond acceptors (Lipinski definition) is 4.